The molecule has 0 atom stereocenters. The molecule has 2 aromatic rings. The van der Waals surface area contributed by atoms with E-state index < -0.39 is 0 Å². The highest BCUT2D eigenvalue weighted by atomic mass is 16.5. The van der Waals surface area contributed by atoms with Gasteiger partial charge in [0.2, 0.25) is 11.7 Å². The summed E-state index contributed by atoms with van der Waals surface area (Å²) in [5.41, 5.74) is 0.727. The van der Waals surface area contributed by atoms with Gasteiger partial charge in [0.05, 0.1) is 7.11 Å². The van der Waals surface area contributed by atoms with Crippen LogP contribution in [0.4, 0.5) is 0 Å². The molecule has 0 saturated carbocycles. The average Bonchev–Trinajstić information content (AvgIpc) is 2.87. The van der Waals surface area contributed by atoms with Crippen LogP contribution in [0.25, 0.3) is 11.5 Å². The summed E-state index contributed by atoms with van der Waals surface area (Å²) in [7, 11) is 1.58. The van der Waals surface area contributed by atoms with Gasteiger partial charge in [0.25, 0.3) is 5.89 Å². The summed E-state index contributed by atoms with van der Waals surface area (Å²) in [5.74, 6) is 0.739. The maximum Gasteiger partial charge on any atom is 0.284 e. The molecule has 0 radical (unpaired) electrons. The second kappa shape index (κ2) is 5.00. The first-order valence-corrected chi connectivity index (χ1v) is 5.64. The Morgan fingerprint density at radius 3 is 2.78 bits per heavy atom. The normalized spacial score (nSPS) is 10.7. The zero-order chi connectivity index (χ0) is 13.1. The fourth-order valence-electron chi connectivity index (χ4n) is 1.44. The fraction of sp³-hybridized carbons (Fsp3) is 0.308. The Balaban J connectivity index is 2.32. The van der Waals surface area contributed by atoms with Crippen molar-refractivity contribution in [1.29, 1.82) is 0 Å². The van der Waals surface area contributed by atoms with Gasteiger partial charge in [-0.05, 0) is 18.2 Å². The van der Waals surface area contributed by atoms with Gasteiger partial charge in [-0.1, -0.05) is 19.9 Å². The van der Waals surface area contributed by atoms with Crippen LogP contribution in [0.3, 0.4) is 0 Å². The first kappa shape index (κ1) is 12.3. The molecular weight excluding hydrogens is 232 g/mol. The molecule has 2 rings (SSSR count). The third-order valence-electron chi connectivity index (χ3n) is 2.48. The Hall–Kier alpha value is -2.17. The summed E-state index contributed by atoms with van der Waals surface area (Å²) in [6.07, 6.45) is 0. The summed E-state index contributed by atoms with van der Waals surface area (Å²) >= 11 is 0. The number of methoxy groups -OCH3 is 1. The number of rotatable bonds is 4. The molecular formula is C13H14N2O3. The zero-order valence-corrected chi connectivity index (χ0v) is 10.5. The van der Waals surface area contributed by atoms with Crippen molar-refractivity contribution in [2.45, 2.75) is 13.8 Å². The lowest BCUT2D eigenvalue weighted by Crippen LogP contribution is -2.07. The molecule has 0 bridgehead atoms. The number of carbonyl (C=O) groups is 1. The van der Waals surface area contributed by atoms with E-state index in [0.29, 0.717) is 11.6 Å². The molecule has 0 N–H and O–H groups in total. The van der Waals surface area contributed by atoms with Crippen LogP contribution in [0.2, 0.25) is 0 Å². The van der Waals surface area contributed by atoms with E-state index in [1.807, 2.05) is 18.2 Å². The van der Waals surface area contributed by atoms with Crippen LogP contribution in [0.15, 0.2) is 28.7 Å². The van der Waals surface area contributed by atoms with Gasteiger partial charge in [-0.3, -0.25) is 4.79 Å². The number of ketones is 1. The summed E-state index contributed by atoms with van der Waals surface area (Å²) < 4.78 is 10.5. The van der Waals surface area contributed by atoms with Crippen LogP contribution < -0.4 is 4.74 Å². The predicted octanol–water partition coefficient (Wildman–Crippen LogP) is 2.58. The molecule has 0 spiro atoms. The van der Waals surface area contributed by atoms with Crippen molar-refractivity contribution >= 4 is 5.78 Å². The van der Waals surface area contributed by atoms with Gasteiger partial charge < -0.3 is 9.15 Å². The molecule has 0 unspecified atom stereocenters. The molecule has 0 aliphatic rings. The second-order valence-electron chi connectivity index (χ2n) is 4.16. The third-order valence-corrected chi connectivity index (χ3v) is 2.48. The van der Waals surface area contributed by atoms with E-state index >= 15 is 0 Å². The van der Waals surface area contributed by atoms with E-state index in [0.717, 1.165) is 5.56 Å². The lowest BCUT2D eigenvalue weighted by molar-refractivity contribution is 0.0905. The molecule has 1 aromatic carbocycles. The molecule has 0 saturated heterocycles. The maximum atomic E-state index is 11.7. The highest BCUT2D eigenvalue weighted by molar-refractivity contribution is 5.93. The third kappa shape index (κ3) is 2.40. The van der Waals surface area contributed by atoms with E-state index in [1.54, 1.807) is 27.0 Å². The van der Waals surface area contributed by atoms with Crippen molar-refractivity contribution in [2.24, 2.45) is 5.92 Å². The number of hydrogen-bond acceptors (Lipinski definition) is 5. The highest BCUT2D eigenvalue weighted by Gasteiger charge is 2.18. The van der Waals surface area contributed by atoms with Crippen LogP contribution >= 0.6 is 0 Å². The Morgan fingerprint density at radius 1 is 1.33 bits per heavy atom. The van der Waals surface area contributed by atoms with E-state index in [9.17, 15) is 4.79 Å². The molecule has 1 heterocycles. The van der Waals surface area contributed by atoms with Crippen molar-refractivity contribution < 1.29 is 13.9 Å². The summed E-state index contributed by atoms with van der Waals surface area (Å²) in [4.78, 5) is 11.7. The van der Waals surface area contributed by atoms with Crippen LogP contribution in [0.1, 0.15) is 24.5 Å². The van der Waals surface area contributed by atoms with Crippen molar-refractivity contribution in [2.75, 3.05) is 7.11 Å². The first-order chi connectivity index (χ1) is 8.61. The Morgan fingerprint density at radius 2 is 2.11 bits per heavy atom. The van der Waals surface area contributed by atoms with Gasteiger partial charge in [0.15, 0.2) is 0 Å². The van der Waals surface area contributed by atoms with Gasteiger partial charge in [0.1, 0.15) is 5.75 Å². The maximum absolute atomic E-state index is 11.7. The van der Waals surface area contributed by atoms with Crippen LogP contribution in [-0.4, -0.2) is 23.1 Å². The molecule has 0 aliphatic carbocycles. The molecule has 0 fully saturated rings. The number of Topliss-reactive ketones (excluding diaryl/α,β-unsaturated/α-hetero) is 1. The van der Waals surface area contributed by atoms with Crippen LogP contribution in [-0.2, 0) is 0 Å². The highest BCUT2D eigenvalue weighted by Crippen LogP contribution is 2.23. The van der Waals surface area contributed by atoms with E-state index in [2.05, 4.69) is 10.2 Å². The average molecular weight is 246 g/mol. The number of aromatic nitrogens is 2. The number of nitrogens with zero attached hydrogens (tertiary/aromatic N) is 2. The largest absolute Gasteiger partial charge is 0.497 e. The lowest BCUT2D eigenvalue weighted by Gasteiger charge is -2.00. The topological polar surface area (TPSA) is 65.2 Å². The molecule has 94 valence electrons. The van der Waals surface area contributed by atoms with Crippen molar-refractivity contribution in [3.8, 4) is 17.2 Å². The molecule has 18 heavy (non-hydrogen) atoms. The first-order valence-electron chi connectivity index (χ1n) is 5.64. The quantitative estimate of drug-likeness (QED) is 0.776. The lowest BCUT2D eigenvalue weighted by atomic mass is 10.1. The van der Waals surface area contributed by atoms with E-state index in [4.69, 9.17) is 9.15 Å². The number of carbonyl (C=O) groups excluding carboxylic acids is 1. The summed E-state index contributed by atoms with van der Waals surface area (Å²) in [6.45, 7) is 3.58. The van der Waals surface area contributed by atoms with Crippen molar-refractivity contribution in [1.82, 2.24) is 10.2 Å². The van der Waals surface area contributed by atoms with Gasteiger partial charge in [0, 0.05) is 11.5 Å². The molecule has 1 aromatic heterocycles. The minimum Gasteiger partial charge on any atom is -0.497 e. The van der Waals surface area contributed by atoms with Crippen LogP contribution in [0.5, 0.6) is 5.75 Å². The molecule has 5 heteroatoms. The fourth-order valence-corrected chi connectivity index (χ4v) is 1.44. The van der Waals surface area contributed by atoms with Crippen molar-refractivity contribution in [3.05, 3.63) is 30.2 Å². The summed E-state index contributed by atoms with van der Waals surface area (Å²) in [6, 6.07) is 7.24. The van der Waals surface area contributed by atoms with Crippen LogP contribution in [0, 0.1) is 5.92 Å². The smallest absolute Gasteiger partial charge is 0.284 e. The summed E-state index contributed by atoms with van der Waals surface area (Å²) in [5, 5.41) is 7.63. The Labute approximate surface area is 105 Å². The number of hydrogen-bond donors (Lipinski definition) is 0. The number of benzene rings is 1. The standard InChI is InChI=1S/C13H14N2O3/c1-8(2)11(16)13-15-14-12(18-13)9-5-4-6-10(7-9)17-3/h4-8H,1-3H3. The number of ether oxygens (including phenoxy) is 1. The zero-order valence-electron chi connectivity index (χ0n) is 10.5. The van der Waals surface area contributed by atoms with Gasteiger partial charge >= 0.3 is 0 Å². The van der Waals surface area contributed by atoms with E-state index in [-0.39, 0.29) is 17.6 Å². The Kier molecular flexibility index (Phi) is 3.41. The van der Waals surface area contributed by atoms with Gasteiger partial charge in [-0.15, -0.1) is 10.2 Å². The SMILES string of the molecule is COc1cccc(-c2nnc(C(=O)C(C)C)o2)c1. The predicted molar refractivity (Wildman–Crippen MR) is 65.5 cm³/mol. The van der Waals surface area contributed by atoms with Gasteiger partial charge in [-0.2, -0.15) is 0 Å². The van der Waals surface area contributed by atoms with E-state index in [1.165, 1.54) is 0 Å². The van der Waals surface area contributed by atoms with Crippen molar-refractivity contribution in [3.63, 3.8) is 0 Å². The Bertz CT molecular complexity index is 561. The monoisotopic (exact) mass is 246 g/mol. The minimum absolute atomic E-state index is 0.0443. The minimum atomic E-state index is -0.163. The molecule has 5 nitrogen and oxygen atoms in total. The molecule has 0 amide bonds. The van der Waals surface area contributed by atoms with Gasteiger partial charge in [-0.25, -0.2) is 0 Å². The molecule has 0 aliphatic heterocycles. The second-order valence-corrected chi connectivity index (χ2v) is 4.16.